The van der Waals surface area contributed by atoms with E-state index >= 15 is 0 Å². The van der Waals surface area contributed by atoms with Gasteiger partial charge in [-0.2, -0.15) is 0 Å². The predicted octanol–water partition coefficient (Wildman–Crippen LogP) is 3.67. The Hall–Kier alpha value is -2.15. The summed E-state index contributed by atoms with van der Waals surface area (Å²) >= 11 is 0. The van der Waals surface area contributed by atoms with Gasteiger partial charge >= 0.3 is 6.09 Å². The molecule has 3 rings (SSSR count). The number of piperidine rings is 2. The van der Waals surface area contributed by atoms with Crippen molar-refractivity contribution < 1.29 is 18.7 Å². The third-order valence-electron chi connectivity index (χ3n) is 5.82. The summed E-state index contributed by atoms with van der Waals surface area (Å²) in [6.07, 6.45) is 3.51. The van der Waals surface area contributed by atoms with E-state index in [0.717, 1.165) is 58.4 Å². The van der Waals surface area contributed by atoms with Gasteiger partial charge in [0.1, 0.15) is 11.4 Å². The fraction of sp³-hybridized carbons (Fsp3) is 0.652. The summed E-state index contributed by atoms with van der Waals surface area (Å²) in [7, 11) is 0. The Morgan fingerprint density at radius 1 is 1.07 bits per heavy atom. The number of amides is 2. The summed E-state index contributed by atoms with van der Waals surface area (Å²) in [4.78, 5) is 28.7. The molecule has 0 spiro atoms. The number of carbonyl (C=O) groups excluding carboxylic acids is 2. The van der Waals surface area contributed by atoms with Crippen LogP contribution in [0.5, 0.6) is 0 Å². The topological polar surface area (TPSA) is 61.9 Å². The Labute approximate surface area is 178 Å². The van der Waals surface area contributed by atoms with Crippen LogP contribution in [0.3, 0.4) is 0 Å². The third kappa shape index (κ3) is 6.42. The molecule has 2 aliphatic rings. The number of hydrogen-bond acceptors (Lipinski definition) is 4. The highest BCUT2D eigenvalue weighted by Gasteiger charge is 2.29. The van der Waals surface area contributed by atoms with Gasteiger partial charge in [0.05, 0.1) is 5.56 Å². The number of halogens is 1. The molecular weight excluding hydrogens is 385 g/mol. The summed E-state index contributed by atoms with van der Waals surface area (Å²) in [5, 5.41) is 2.97. The molecule has 166 valence electrons. The number of nitrogens with one attached hydrogen (secondary N) is 1. The molecule has 7 heteroatoms. The molecule has 2 saturated heterocycles. The zero-order chi connectivity index (χ0) is 21.7. The quantitative estimate of drug-likeness (QED) is 0.809. The van der Waals surface area contributed by atoms with Crippen molar-refractivity contribution in [1.82, 2.24) is 15.1 Å². The normalized spacial score (nSPS) is 19.5. The molecule has 2 heterocycles. The monoisotopic (exact) mass is 419 g/mol. The van der Waals surface area contributed by atoms with Gasteiger partial charge in [0.2, 0.25) is 0 Å². The number of hydrogen-bond donors (Lipinski definition) is 1. The lowest BCUT2D eigenvalue weighted by atomic mass is 9.95. The van der Waals surface area contributed by atoms with Crippen molar-refractivity contribution in [2.75, 3.05) is 32.7 Å². The Balaban J connectivity index is 1.37. The van der Waals surface area contributed by atoms with E-state index in [1.807, 2.05) is 25.7 Å². The average Bonchev–Trinajstić information content (AvgIpc) is 2.69. The first-order chi connectivity index (χ1) is 14.2. The van der Waals surface area contributed by atoms with Gasteiger partial charge in [-0.1, -0.05) is 12.1 Å². The molecule has 0 saturated carbocycles. The highest BCUT2D eigenvalue weighted by atomic mass is 19.1. The van der Waals surface area contributed by atoms with Crippen molar-refractivity contribution in [3.05, 3.63) is 35.6 Å². The fourth-order valence-corrected chi connectivity index (χ4v) is 4.16. The molecule has 0 atom stereocenters. The lowest BCUT2D eigenvalue weighted by Crippen LogP contribution is -2.47. The van der Waals surface area contributed by atoms with Gasteiger partial charge in [-0.25, -0.2) is 9.18 Å². The molecule has 0 aromatic heterocycles. The molecular formula is C23H34FN3O3. The largest absolute Gasteiger partial charge is 0.444 e. The first kappa shape index (κ1) is 22.5. The fourth-order valence-electron chi connectivity index (χ4n) is 4.16. The Kier molecular flexibility index (Phi) is 7.34. The number of nitrogens with zero attached hydrogens (tertiary/aromatic N) is 2. The second kappa shape index (κ2) is 9.77. The number of likely N-dealkylation sites (tertiary alicyclic amines) is 2. The summed E-state index contributed by atoms with van der Waals surface area (Å²) in [5.74, 6) is -0.237. The van der Waals surface area contributed by atoms with E-state index in [1.165, 1.54) is 12.1 Å². The maximum absolute atomic E-state index is 13.8. The predicted molar refractivity (Wildman–Crippen MR) is 114 cm³/mol. The van der Waals surface area contributed by atoms with E-state index in [0.29, 0.717) is 5.92 Å². The SMILES string of the molecule is CC(C)(C)OC(=O)N1CCC(CN2CCC(NC(=O)c3ccccc3F)CC2)CC1. The summed E-state index contributed by atoms with van der Waals surface area (Å²) in [6, 6.07) is 6.18. The number of carbonyl (C=O) groups is 2. The van der Waals surface area contributed by atoms with Gasteiger partial charge in [0, 0.05) is 38.8 Å². The zero-order valence-corrected chi connectivity index (χ0v) is 18.3. The van der Waals surface area contributed by atoms with Gasteiger partial charge in [-0.15, -0.1) is 0 Å². The molecule has 2 fully saturated rings. The van der Waals surface area contributed by atoms with Crippen LogP contribution < -0.4 is 5.32 Å². The Bertz CT molecular complexity index is 733. The summed E-state index contributed by atoms with van der Waals surface area (Å²) < 4.78 is 19.2. The first-order valence-electron chi connectivity index (χ1n) is 11.0. The minimum atomic E-state index is -0.481. The van der Waals surface area contributed by atoms with Crippen molar-refractivity contribution in [3.8, 4) is 0 Å². The van der Waals surface area contributed by atoms with E-state index in [2.05, 4.69) is 10.2 Å². The molecule has 0 aliphatic carbocycles. The van der Waals surface area contributed by atoms with Crippen LogP contribution in [0.4, 0.5) is 9.18 Å². The number of rotatable bonds is 4. The van der Waals surface area contributed by atoms with Crippen LogP contribution in [0.2, 0.25) is 0 Å². The molecule has 1 aromatic rings. The maximum atomic E-state index is 13.8. The number of benzene rings is 1. The highest BCUT2D eigenvalue weighted by molar-refractivity contribution is 5.94. The minimum Gasteiger partial charge on any atom is -0.444 e. The average molecular weight is 420 g/mol. The Morgan fingerprint density at radius 2 is 1.70 bits per heavy atom. The van der Waals surface area contributed by atoms with Gasteiger partial charge in [0.25, 0.3) is 5.91 Å². The van der Waals surface area contributed by atoms with Crippen LogP contribution >= 0.6 is 0 Å². The molecule has 1 aromatic carbocycles. The van der Waals surface area contributed by atoms with Crippen molar-refractivity contribution in [1.29, 1.82) is 0 Å². The molecule has 2 aliphatic heterocycles. The molecule has 0 bridgehead atoms. The van der Waals surface area contributed by atoms with Gasteiger partial charge in [-0.05, 0) is 64.5 Å². The summed E-state index contributed by atoms with van der Waals surface area (Å²) in [5.41, 5.74) is -0.350. The maximum Gasteiger partial charge on any atom is 0.410 e. The summed E-state index contributed by atoms with van der Waals surface area (Å²) in [6.45, 7) is 10.0. The Morgan fingerprint density at radius 3 is 2.30 bits per heavy atom. The molecule has 30 heavy (non-hydrogen) atoms. The van der Waals surface area contributed by atoms with E-state index < -0.39 is 11.4 Å². The van der Waals surface area contributed by atoms with Crippen LogP contribution in [0.15, 0.2) is 24.3 Å². The molecule has 0 unspecified atom stereocenters. The third-order valence-corrected chi connectivity index (χ3v) is 5.82. The van der Waals surface area contributed by atoms with Crippen LogP contribution in [0.1, 0.15) is 56.8 Å². The standard InChI is InChI=1S/C23H34FN3O3/c1-23(2,3)30-22(29)27-14-8-17(9-15-27)16-26-12-10-18(11-13-26)25-21(28)19-6-4-5-7-20(19)24/h4-7,17-18H,8-16H2,1-3H3,(H,25,28). The lowest BCUT2D eigenvalue weighted by molar-refractivity contribution is 0.0164. The zero-order valence-electron chi connectivity index (χ0n) is 18.3. The van der Waals surface area contributed by atoms with Crippen molar-refractivity contribution in [2.24, 2.45) is 5.92 Å². The smallest absolute Gasteiger partial charge is 0.410 e. The van der Waals surface area contributed by atoms with Gasteiger partial charge < -0.3 is 19.9 Å². The highest BCUT2D eigenvalue weighted by Crippen LogP contribution is 2.22. The van der Waals surface area contributed by atoms with E-state index in [1.54, 1.807) is 12.1 Å². The van der Waals surface area contributed by atoms with E-state index in [-0.39, 0.29) is 23.6 Å². The number of ether oxygens (including phenoxy) is 1. The van der Waals surface area contributed by atoms with Crippen molar-refractivity contribution >= 4 is 12.0 Å². The second-order valence-electron chi connectivity index (χ2n) is 9.44. The molecule has 1 N–H and O–H groups in total. The van der Waals surface area contributed by atoms with Crippen LogP contribution in [0, 0.1) is 11.7 Å². The molecule has 6 nitrogen and oxygen atoms in total. The van der Waals surface area contributed by atoms with Gasteiger partial charge in [-0.3, -0.25) is 4.79 Å². The molecule has 0 radical (unpaired) electrons. The van der Waals surface area contributed by atoms with Gasteiger partial charge in [0.15, 0.2) is 0 Å². The van der Waals surface area contributed by atoms with Crippen LogP contribution in [0.25, 0.3) is 0 Å². The van der Waals surface area contributed by atoms with Crippen LogP contribution in [-0.4, -0.2) is 66.2 Å². The second-order valence-corrected chi connectivity index (χ2v) is 9.44. The minimum absolute atomic E-state index is 0.0855. The first-order valence-corrected chi connectivity index (χ1v) is 11.0. The lowest BCUT2D eigenvalue weighted by Gasteiger charge is -2.38. The van der Waals surface area contributed by atoms with Crippen molar-refractivity contribution in [3.63, 3.8) is 0 Å². The van der Waals surface area contributed by atoms with E-state index in [9.17, 15) is 14.0 Å². The molecule has 2 amide bonds. The van der Waals surface area contributed by atoms with E-state index in [4.69, 9.17) is 4.74 Å². The van der Waals surface area contributed by atoms with Crippen molar-refractivity contribution in [2.45, 2.75) is 58.1 Å². The van der Waals surface area contributed by atoms with Crippen LogP contribution in [-0.2, 0) is 4.74 Å².